The summed E-state index contributed by atoms with van der Waals surface area (Å²) in [4.78, 5) is 0. The van der Waals surface area contributed by atoms with Gasteiger partial charge in [0.15, 0.2) is 0 Å². The molecule has 0 amide bonds. The Bertz CT molecular complexity index is 92.6. The highest BCUT2D eigenvalue weighted by Crippen LogP contribution is 1.97. The molecule has 1 aliphatic rings. The molecule has 0 unspecified atom stereocenters. The van der Waals surface area contributed by atoms with Crippen LogP contribution in [0.5, 0.6) is 0 Å². The fourth-order valence-corrected chi connectivity index (χ4v) is 0.764. The Morgan fingerprint density at radius 1 is 1.62 bits per heavy atom. The average molecular weight is 113 g/mol. The lowest BCUT2D eigenvalue weighted by molar-refractivity contribution is 0.315. The molecule has 3 heteroatoms. The first-order valence-corrected chi connectivity index (χ1v) is 2.76. The molecule has 0 spiro atoms. The van der Waals surface area contributed by atoms with Crippen LogP contribution in [0.1, 0.15) is 12.8 Å². The Balaban J connectivity index is 2.33. The molecule has 0 aliphatic carbocycles. The van der Waals surface area contributed by atoms with Crippen LogP contribution in [0.4, 0.5) is 0 Å². The fourth-order valence-electron chi connectivity index (χ4n) is 0.764. The summed E-state index contributed by atoms with van der Waals surface area (Å²) in [6, 6.07) is 0. The van der Waals surface area contributed by atoms with Crippen LogP contribution < -0.4 is 5.32 Å². The van der Waals surface area contributed by atoms with Crippen molar-refractivity contribution in [1.29, 1.82) is 0 Å². The van der Waals surface area contributed by atoms with Gasteiger partial charge in [-0.25, -0.2) is 5.32 Å². The molecule has 8 heavy (non-hydrogen) atoms. The molecule has 0 saturated carbocycles. The Morgan fingerprint density at radius 2 is 2.50 bits per heavy atom. The van der Waals surface area contributed by atoms with Crippen LogP contribution >= 0.6 is 0 Å². The van der Waals surface area contributed by atoms with Gasteiger partial charge in [0.25, 0.3) is 0 Å². The highest BCUT2D eigenvalue weighted by molar-refractivity contribution is 5.86. The molecule has 45 valence electrons. The van der Waals surface area contributed by atoms with Crippen molar-refractivity contribution < 1.29 is 5.21 Å². The summed E-state index contributed by atoms with van der Waals surface area (Å²) in [7, 11) is 0. The minimum Gasteiger partial charge on any atom is -0.411 e. The first-order valence-electron chi connectivity index (χ1n) is 2.76. The van der Waals surface area contributed by atoms with Gasteiger partial charge in [0.05, 0.1) is 12.3 Å². The maximum atomic E-state index is 8.22. The summed E-state index contributed by atoms with van der Waals surface area (Å²) in [5.74, 6) is 0. The predicted octanol–water partition coefficient (Wildman–Crippen LogP) is 0.215. The molecule has 0 bridgehead atoms. The number of nitrogens with zero attached hydrogens (tertiary/aromatic N) is 2. The molecule has 1 rings (SSSR count). The van der Waals surface area contributed by atoms with E-state index in [-0.39, 0.29) is 0 Å². The minimum absolute atomic E-state index is 0.635. The summed E-state index contributed by atoms with van der Waals surface area (Å²) < 4.78 is 0. The van der Waals surface area contributed by atoms with Crippen molar-refractivity contribution in [3.8, 4) is 0 Å². The molecule has 1 aliphatic heterocycles. The normalized spacial score (nSPS) is 26.2. The fraction of sp³-hybridized carbons (Fsp3) is 0.800. The Hall–Kier alpha value is -0.570. The quantitative estimate of drug-likeness (QED) is 0.354. The number of piperidine rings is 1. The molecule has 3 nitrogen and oxygen atoms in total. The smallest absolute Gasteiger partial charge is 0.0725 e. The molecular weight excluding hydrogens is 104 g/mol. The van der Waals surface area contributed by atoms with E-state index in [9.17, 15) is 0 Å². The van der Waals surface area contributed by atoms with Crippen molar-refractivity contribution in [2.45, 2.75) is 12.8 Å². The van der Waals surface area contributed by atoms with Gasteiger partial charge in [-0.1, -0.05) is 5.16 Å². The summed E-state index contributed by atoms with van der Waals surface area (Å²) in [5.41, 5.74) is 0.816. The van der Waals surface area contributed by atoms with Crippen LogP contribution in [0.25, 0.3) is 0 Å². The number of hydrogen-bond acceptors (Lipinski definition) is 2. The zero-order chi connectivity index (χ0) is 5.82. The lowest BCUT2D eigenvalue weighted by atomic mass is 10.1. The zero-order valence-corrected chi connectivity index (χ0v) is 4.67. The number of rotatable bonds is 0. The predicted molar refractivity (Wildman–Crippen MR) is 30.3 cm³/mol. The lowest BCUT2D eigenvalue weighted by Gasteiger charge is -2.09. The van der Waals surface area contributed by atoms with Gasteiger partial charge < -0.3 is 5.21 Å². The summed E-state index contributed by atoms with van der Waals surface area (Å²) in [6.45, 7) is 1.56. The van der Waals surface area contributed by atoms with E-state index in [1.165, 1.54) is 0 Å². The lowest BCUT2D eigenvalue weighted by Crippen LogP contribution is -2.23. The highest BCUT2D eigenvalue weighted by atomic mass is 16.4. The molecule has 0 aromatic rings. The van der Waals surface area contributed by atoms with Crippen molar-refractivity contribution in [3.05, 3.63) is 0 Å². The van der Waals surface area contributed by atoms with Crippen molar-refractivity contribution >= 4 is 5.71 Å². The zero-order valence-electron chi connectivity index (χ0n) is 4.67. The molecular formula is C5H9N2O. The van der Waals surface area contributed by atoms with Crippen molar-refractivity contribution in [1.82, 2.24) is 5.32 Å². The third kappa shape index (κ3) is 1.20. The van der Waals surface area contributed by atoms with E-state index in [4.69, 9.17) is 5.21 Å². The van der Waals surface area contributed by atoms with Crippen LogP contribution in [0, 0.1) is 0 Å². The molecule has 1 radical (unpaired) electrons. The Kier molecular flexibility index (Phi) is 1.86. The first kappa shape index (κ1) is 5.56. The third-order valence-electron chi connectivity index (χ3n) is 1.22. The van der Waals surface area contributed by atoms with Crippen molar-refractivity contribution in [2.75, 3.05) is 13.1 Å². The van der Waals surface area contributed by atoms with E-state index in [0.717, 1.165) is 25.1 Å². The summed E-state index contributed by atoms with van der Waals surface area (Å²) in [6.07, 6.45) is 1.96. The van der Waals surface area contributed by atoms with Gasteiger partial charge in [-0.05, 0) is 12.8 Å². The second-order valence-electron chi connectivity index (χ2n) is 1.88. The van der Waals surface area contributed by atoms with Crippen LogP contribution in [-0.2, 0) is 0 Å². The number of hydrogen-bond donors (Lipinski definition) is 1. The largest absolute Gasteiger partial charge is 0.411 e. The molecule has 1 heterocycles. The van der Waals surface area contributed by atoms with Gasteiger partial charge in [-0.3, -0.25) is 0 Å². The van der Waals surface area contributed by atoms with Gasteiger partial charge in [0.2, 0.25) is 0 Å². The molecule has 1 fully saturated rings. The van der Waals surface area contributed by atoms with E-state index in [0.29, 0.717) is 6.54 Å². The van der Waals surface area contributed by atoms with Crippen LogP contribution in [0.2, 0.25) is 0 Å². The topological polar surface area (TPSA) is 46.7 Å². The van der Waals surface area contributed by atoms with E-state index < -0.39 is 0 Å². The maximum Gasteiger partial charge on any atom is 0.0725 e. The molecule has 1 N–H and O–H groups in total. The second kappa shape index (κ2) is 2.67. The highest BCUT2D eigenvalue weighted by Gasteiger charge is 2.05. The minimum atomic E-state index is 0.635. The number of oxime groups is 1. The molecule has 0 aromatic heterocycles. The van der Waals surface area contributed by atoms with Gasteiger partial charge in [-0.2, -0.15) is 0 Å². The molecule has 0 aromatic carbocycles. The monoisotopic (exact) mass is 113 g/mol. The van der Waals surface area contributed by atoms with E-state index in [2.05, 4.69) is 10.5 Å². The van der Waals surface area contributed by atoms with Gasteiger partial charge in [-0.15, -0.1) is 0 Å². The standard InChI is InChI=1S/C5H9N2O/c8-7-5-2-1-3-6-4-5/h8H,1-4H2/b7-5+. The third-order valence-corrected chi connectivity index (χ3v) is 1.22. The van der Waals surface area contributed by atoms with Crippen LogP contribution in [0.3, 0.4) is 0 Å². The average Bonchev–Trinajstić information content (AvgIpc) is 1.90. The maximum absolute atomic E-state index is 8.22. The van der Waals surface area contributed by atoms with Gasteiger partial charge in [0, 0.05) is 6.54 Å². The van der Waals surface area contributed by atoms with Crippen molar-refractivity contribution in [3.63, 3.8) is 0 Å². The molecule has 0 atom stereocenters. The van der Waals surface area contributed by atoms with Gasteiger partial charge in [0.1, 0.15) is 0 Å². The van der Waals surface area contributed by atoms with Crippen LogP contribution in [-0.4, -0.2) is 24.0 Å². The van der Waals surface area contributed by atoms with Gasteiger partial charge >= 0.3 is 0 Å². The summed E-state index contributed by atoms with van der Waals surface area (Å²) in [5, 5.41) is 15.3. The van der Waals surface area contributed by atoms with E-state index in [1.807, 2.05) is 0 Å². The molecule has 1 saturated heterocycles. The summed E-state index contributed by atoms with van der Waals surface area (Å²) >= 11 is 0. The Labute approximate surface area is 48.4 Å². The van der Waals surface area contributed by atoms with Crippen LogP contribution in [0.15, 0.2) is 5.16 Å². The SMILES string of the molecule is O/N=C1\CCC[N]C1. The van der Waals surface area contributed by atoms with E-state index in [1.54, 1.807) is 0 Å². The first-order chi connectivity index (χ1) is 3.93. The second-order valence-corrected chi connectivity index (χ2v) is 1.88. The van der Waals surface area contributed by atoms with E-state index >= 15 is 0 Å². The Morgan fingerprint density at radius 3 is 2.88 bits per heavy atom. The van der Waals surface area contributed by atoms with Crippen molar-refractivity contribution in [2.24, 2.45) is 5.16 Å².